The van der Waals surface area contributed by atoms with E-state index < -0.39 is 0 Å². The summed E-state index contributed by atoms with van der Waals surface area (Å²) in [5, 5.41) is 6.80. The standard InChI is InChI=1S/C14H28N4O.HI/c1-15-14(16-9-12-5-4-8-19-12)17-10-13(18(2)3)11-6-7-11;/h11-13H,4-10H2,1-3H3,(H2,15,16,17);1H. The molecule has 1 saturated carbocycles. The van der Waals surface area contributed by atoms with Crippen molar-refractivity contribution in [2.45, 2.75) is 37.8 Å². The van der Waals surface area contributed by atoms with E-state index in [0.717, 1.165) is 38.0 Å². The van der Waals surface area contributed by atoms with Gasteiger partial charge in [-0.05, 0) is 45.7 Å². The number of guanidine groups is 1. The van der Waals surface area contributed by atoms with Gasteiger partial charge < -0.3 is 20.3 Å². The summed E-state index contributed by atoms with van der Waals surface area (Å²) in [5.41, 5.74) is 0. The molecule has 1 aliphatic carbocycles. The summed E-state index contributed by atoms with van der Waals surface area (Å²) in [7, 11) is 6.15. The molecule has 118 valence electrons. The van der Waals surface area contributed by atoms with Gasteiger partial charge in [0.05, 0.1) is 6.10 Å². The van der Waals surface area contributed by atoms with Crippen molar-refractivity contribution in [2.75, 3.05) is 40.8 Å². The van der Waals surface area contributed by atoms with Crippen molar-refractivity contribution in [3.63, 3.8) is 0 Å². The van der Waals surface area contributed by atoms with Crippen LogP contribution in [0.2, 0.25) is 0 Å². The lowest BCUT2D eigenvalue weighted by Gasteiger charge is -2.25. The van der Waals surface area contributed by atoms with Crippen LogP contribution in [0.3, 0.4) is 0 Å². The first-order chi connectivity index (χ1) is 9.20. The minimum absolute atomic E-state index is 0. The first-order valence-corrected chi connectivity index (χ1v) is 7.43. The van der Waals surface area contributed by atoms with E-state index in [2.05, 4.69) is 34.6 Å². The summed E-state index contributed by atoms with van der Waals surface area (Å²) in [6.07, 6.45) is 5.43. The molecule has 2 fully saturated rings. The number of halogens is 1. The van der Waals surface area contributed by atoms with Crippen molar-refractivity contribution < 1.29 is 4.74 Å². The zero-order valence-electron chi connectivity index (χ0n) is 12.9. The Morgan fingerprint density at radius 3 is 2.55 bits per heavy atom. The lowest BCUT2D eigenvalue weighted by molar-refractivity contribution is 0.113. The molecular formula is C14H29IN4O. The highest BCUT2D eigenvalue weighted by Gasteiger charge is 2.32. The normalized spacial score (nSPS) is 24.4. The van der Waals surface area contributed by atoms with Crippen molar-refractivity contribution >= 4 is 29.9 Å². The molecule has 6 heteroatoms. The zero-order chi connectivity index (χ0) is 13.7. The van der Waals surface area contributed by atoms with Crippen LogP contribution < -0.4 is 10.6 Å². The fourth-order valence-corrected chi connectivity index (χ4v) is 2.69. The molecule has 1 heterocycles. The first-order valence-electron chi connectivity index (χ1n) is 7.43. The molecule has 20 heavy (non-hydrogen) atoms. The highest BCUT2D eigenvalue weighted by molar-refractivity contribution is 14.0. The smallest absolute Gasteiger partial charge is 0.191 e. The molecule has 0 amide bonds. The maximum atomic E-state index is 5.61. The molecule has 0 aromatic rings. The van der Waals surface area contributed by atoms with Crippen LogP contribution in [0.25, 0.3) is 0 Å². The van der Waals surface area contributed by atoms with Crippen molar-refractivity contribution in [1.82, 2.24) is 15.5 Å². The Morgan fingerprint density at radius 1 is 1.30 bits per heavy atom. The Bertz CT molecular complexity index is 300. The Morgan fingerprint density at radius 2 is 2.05 bits per heavy atom. The molecule has 0 aromatic carbocycles. The Balaban J connectivity index is 0.00000200. The summed E-state index contributed by atoms with van der Waals surface area (Å²) < 4.78 is 5.61. The number of ether oxygens (including phenoxy) is 1. The van der Waals surface area contributed by atoms with Crippen molar-refractivity contribution in [3.05, 3.63) is 0 Å². The minimum atomic E-state index is 0. The summed E-state index contributed by atoms with van der Waals surface area (Å²) in [6, 6.07) is 0.612. The second-order valence-corrected chi connectivity index (χ2v) is 5.84. The number of hydrogen-bond acceptors (Lipinski definition) is 3. The SMILES string of the molecule is CN=C(NCC1CCCO1)NCC(C1CC1)N(C)C.I. The quantitative estimate of drug-likeness (QED) is 0.404. The molecule has 2 unspecified atom stereocenters. The van der Waals surface area contributed by atoms with Gasteiger partial charge in [-0.3, -0.25) is 4.99 Å². The Kier molecular flexibility index (Phi) is 8.13. The number of hydrogen-bond donors (Lipinski definition) is 2. The van der Waals surface area contributed by atoms with E-state index in [1.54, 1.807) is 0 Å². The van der Waals surface area contributed by atoms with Crippen LogP contribution in [0.1, 0.15) is 25.7 Å². The average Bonchev–Trinajstić information content (AvgIpc) is 3.08. The molecule has 2 aliphatic rings. The van der Waals surface area contributed by atoms with Crippen LogP contribution in [0, 0.1) is 5.92 Å². The molecule has 1 aliphatic heterocycles. The van der Waals surface area contributed by atoms with Gasteiger partial charge >= 0.3 is 0 Å². The fraction of sp³-hybridized carbons (Fsp3) is 0.929. The number of aliphatic imine (C=N–C) groups is 1. The van der Waals surface area contributed by atoms with Crippen molar-refractivity contribution in [2.24, 2.45) is 10.9 Å². The zero-order valence-corrected chi connectivity index (χ0v) is 15.2. The van der Waals surface area contributed by atoms with E-state index in [0.29, 0.717) is 12.1 Å². The Hall–Kier alpha value is -0.0800. The second-order valence-electron chi connectivity index (χ2n) is 5.84. The third kappa shape index (κ3) is 5.73. The van der Waals surface area contributed by atoms with E-state index in [4.69, 9.17) is 4.74 Å². The van der Waals surface area contributed by atoms with E-state index in [1.807, 2.05) is 7.05 Å². The van der Waals surface area contributed by atoms with Crippen molar-refractivity contribution in [1.29, 1.82) is 0 Å². The van der Waals surface area contributed by atoms with Gasteiger partial charge in [-0.25, -0.2) is 0 Å². The lowest BCUT2D eigenvalue weighted by Crippen LogP contribution is -2.47. The molecule has 0 aromatic heterocycles. The lowest BCUT2D eigenvalue weighted by atomic mass is 10.1. The largest absolute Gasteiger partial charge is 0.376 e. The predicted molar refractivity (Wildman–Crippen MR) is 94.0 cm³/mol. The highest BCUT2D eigenvalue weighted by Crippen LogP contribution is 2.34. The molecule has 0 spiro atoms. The summed E-state index contributed by atoms with van der Waals surface area (Å²) >= 11 is 0. The maximum absolute atomic E-state index is 5.61. The van der Waals surface area contributed by atoms with Gasteiger partial charge in [0, 0.05) is 32.8 Å². The first kappa shape index (κ1) is 18.0. The van der Waals surface area contributed by atoms with Gasteiger partial charge in [-0.15, -0.1) is 24.0 Å². The van der Waals surface area contributed by atoms with Gasteiger partial charge in [0.25, 0.3) is 0 Å². The van der Waals surface area contributed by atoms with Gasteiger partial charge in [-0.1, -0.05) is 0 Å². The topological polar surface area (TPSA) is 48.9 Å². The van der Waals surface area contributed by atoms with Gasteiger partial charge in [0.2, 0.25) is 0 Å². The van der Waals surface area contributed by atoms with E-state index in [1.165, 1.54) is 19.3 Å². The van der Waals surface area contributed by atoms with Crippen LogP contribution in [0.15, 0.2) is 4.99 Å². The van der Waals surface area contributed by atoms with Gasteiger partial charge in [0.1, 0.15) is 0 Å². The molecule has 5 nitrogen and oxygen atoms in total. The molecule has 0 radical (unpaired) electrons. The number of likely N-dealkylation sites (N-methyl/N-ethyl adjacent to an activating group) is 1. The minimum Gasteiger partial charge on any atom is -0.376 e. The number of nitrogens with zero attached hydrogens (tertiary/aromatic N) is 2. The highest BCUT2D eigenvalue weighted by atomic mass is 127. The van der Waals surface area contributed by atoms with Crippen LogP contribution in [0.5, 0.6) is 0 Å². The molecule has 2 rings (SSSR count). The summed E-state index contributed by atoms with van der Waals surface area (Å²) in [4.78, 5) is 6.60. The molecular weight excluding hydrogens is 367 g/mol. The fourth-order valence-electron chi connectivity index (χ4n) is 2.69. The van der Waals surface area contributed by atoms with Gasteiger partial charge in [-0.2, -0.15) is 0 Å². The van der Waals surface area contributed by atoms with Crippen LogP contribution in [-0.2, 0) is 4.74 Å². The average molecular weight is 396 g/mol. The third-order valence-corrected chi connectivity index (χ3v) is 4.05. The van der Waals surface area contributed by atoms with E-state index >= 15 is 0 Å². The molecule has 2 N–H and O–H groups in total. The van der Waals surface area contributed by atoms with Crippen LogP contribution >= 0.6 is 24.0 Å². The van der Waals surface area contributed by atoms with Crippen LogP contribution in [0.4, 0.5) is 0 Å². The second kappa shape index (κ2) is 9.04. The molecule has 2 atom stereocenters. The summed E-state index contributed by atoms with van der Waals surface area (Å²) in [5.74, 6) is 1.75. The monoisotopic (exact) mass is 396 g/mol. The summed E-state index contributed by atoms with van der Waals surface area (Å²) in [6.45, 7) is 2.72. The van der Waals surface area contributed by atoms with Crippen molar-refractivity contribution in [3.8, 4) is 0 Å². The Labute approximate surface area is 139 Å². The third-order valence-electron chi connectivity index (χ3n) is 4.05. The predicted octanol–water partition coefficient (Wildman–Crippen LogP) is 1.29. The number of nitrogens with one attached hydrogen (secondary N) is 2. The maximum Gasteiger partial charge on any atom is 0.191 e. The molecule has 1 saturated heterocycles. The molecule has 0 bridgehead atoms. The van der Waals surface area contributed by atoms with Gasteiger partial charge in [0.15, 0.2) is 5.96 Å². The van der Waals surface area contributed by atoms with E-state index in [-0.39, 0.29) is 24.0 Å². The number of rotatable bonds is 6. The van der Waals surface area contributed by atoms with E-state index in [9.17, 15) is 0 Å². The van der Waals surface area contributed by atoms with Crippen LogP contribution in [-0.4, -0.2) is 63.8 Å².